The molecule has 12 heavy (non-hydrogen) atoms. The highest BCUT2D eigenvalue weighted by molar-refractivity contribution is 8.13. The number of terminal acetylenes is 1. The molecule has 0 aliphatic heterocycles. The molecule has 0 N–H and O–H groups in total. The summed E-state index contributed by atoms with van der Waals surface area (Å²) in [5.74, 6) is 2.51. The molecule has 0 heterocycles. The standard InChI is InChI=1S/C10H9NS/c1-3-10(12-2)11-9-7-5-4-6-8-9/h1,4-8H,2H3. The van der Waals surface area contributed by atoms with Crippen molar-refractivity contribution in [2.45, 2.75) is 0 Å². The van der Waals surface area contributed by atoms with Crippen LogP contribution in [0.25, 0.3) is 0 Å². The highest BCUT2D eigenvalue weighted by Crippen LogP contribution is 2.12. The summed E-state index contributed by atoms with van der Waals surface area (Å²) in [5.41, 5.74) is 0.903. The van der Waals surface area contributed by atoms with Crippen LogP contribution in [-0.2, 0) is 0 Å². The zero-order valence-corrected chi connectivity index (χ0v) is 7.64. The van der Waals surface area contributed by atoms with Gasteiger partial charge in [-0.3, -0.25) is 0 Å². The van der Waals surface area contributed by atoms with Crippen LogP contribution in [-0.4, -0.2) is 11.3 Å². The smallest absolute Gasteiger partial charge is 0.146 e. The molecule has 0 fully saturated rings. The molecule has 1 aromatic carbocycles. The topological polar surface area (TPSA) is 12.4 Å². The number of nitrogens with zero attached hydrogens (tertiary/aromatic N) is 1. The van der Waals surface area contributed by atoms with E-state index in [0.29, 0.717) is 5.04 Å². The van der Waals surface area contributed by atoms with Gasteiger partial charge in [-0.05, 0) is 24.3 Å². The fourth-order valence-corrected chi connectivity index (χ4v) is 1.07. The molecule has 0 amide bonds. The van der Waals surface area contributed by atoms with Crippen LogP contribution in [0.15, 0.2) is 35.3 Å². The van der Waals surface area contributed by atoms with Gasteiger partial charge in [-0.25, -0.2) is 4.99 Å². The molecular weight excluding hydrogens is 166 g/mol. The van der Waals surface area contributed by atoms with Crippen molar-refractivity contribution in [3.05, 3.63) is 30.3 Å². The first-order valence-corrected chi connectivity index (χ1v) is 4.73. The monoisotopic (exact) mass is 175 g/mol. The second-order valence-electron chi connectivity index (χ2n) is 2.10. The van der Waals surface area contributed by atoms with Gasteiger partial charge in [0.25, 0.3) is 0 Å². The van der Waals surface area contributed by atoms with Gasteiger partial charge in [-0.1, -0.05) is 18.2 Å². The van der Waals surface area contributed by atoms with E-state index in [-0.39, 0.29) is 0 Å². The van der Waals surface area contributed by atoms with E-state index < -0.39 is 0 Å². The summed E-state index contributed by atoms with van der Waals surface area (Å²) in [4.78, 5) is 4.24. The predicted molar refractivity (Wildman–Crippen MR) is 55.9 cm³/mol. The van der Waals surface area contributed by atoms with Crippen LogP contribution < -0.4 is 0 Å². The number of para-hydroxylation sites is 1. The minimum Gasteiger partial charge on any atom is -0.233 e. The quantitative estimate of drug-likeness (QED) is 0.363. The van der Waals surface area contributed by atoms with Gasteiger partial charge in [-0.2, -0.15) is 0 Å². The summed E-state index contributed by atoms with van der Waals surface area (Å²) < 4.78 is 0. The number of hydrogen-bond donors (Lipinski definition) is 0. The molecule has 0 aliphatic rings. The lowest BCUT2D eigenvalue weighted by atomic mass is 10.3. The van der Waals surface area contributed by atoms with Crippen LogP contribution in [0.1, 0.15) is 0 Å². The third kappa shape index (κ3) is 2.44. The zero-order valence-electron chi connectivity index (χ0n) is 6.82. The zero-order chi connectivity index (χ0) is 8.81. The summed E-state index contributed by atoms with van der Waals surface area (Å²) in [7, 11) is 0. The van der Waals surface area contributed by atoms with E-state index in [0.717, 1.165) is 5.69 Å². The Morgan fingerprint density at radius 1 is 1.42 bits per heavy atom. The summed E-state index contributed by atoms with van der Waals surface area (Å²) in [6.45, 7) is 0. The predicted octanol–water partition coefficient (Wildman–Crippen LogP) is 2.71. The van der Waals surface area contributed by atoms with Crippen LogP contribution in [0.3, 0.4) is 0 Å². The Balaban J connectivity index is 2.88. The molecule has 0 saturated carbocycles. The van der Waals surface area contributed by atoms with Crippen molar-refractivity contribution in [3.63, 3.8) is 0 Å². The first-order chi connectivity index (χ1) is 5.86. The Kier molecular flexibility index (Phi) is 3.43. The molecule has 1 aromatic rings. The van der Waals surface area contributed by atoms with Crippen molar-refractivity contribution in [2.24, 2.45) is 4.99 Å². The highest BCUT2D eigenvalue weighted by atomic mass is 32.2. The Morgan fingerprint density at radius 2 is 2.08 bits per heavy atom. The van der Waals surface area contributed by atoms with Gasteiger partial charge in [0.05, 0.1) is 5.69 Å². The molecule has 0 radical (unpaired) electrons. The molecule has 1 nitrogen and oxygen atoms in total. The van der Waals surface area contributed by atoms with Crippen molar-refractivity contribution in [1.29, 1.82) is 0 Å². The number of aliphatic imine (C=N–C) groups is 1. The maximum Gasteiger partial charge on any atom is 0.146 e. The van der Waals surface area contributed by atoms with Gasteiger partial charge in [0, 0.05) is 0 Å². The number of benzene rings is 1. The van der Waals surface area contributed by atoms with Gasteiger partial charge in [0.15, 0.2) is 0 Å². The maximum absolute atomic E-state index is 5.23. The van der Waals surface area contributed by atoms with Crippen LogP contribution in [0, 0.1) is 12.3 Å². The van der Waals surface area contributed by atoms with Crippen molar-refractivity contribution < 1.29 is 0 Å². The van der Waals surface area contributed by atoms with E-state index in [9.17, 15) is 0 Å². The van der Waals surface area contributed by atoms with Crippen molar-refractivity contribution in [2.75, 3.05) is 6.26 Å². The van der Waals surface area contributed by atoms with Gasteiger partial charge < -0.3 is 0 Å². The molecular formula is C10H9NS. The molecule has 0 atom stereocenters. The molecule has 2 heteroatoms. The lowest BCUT2D eigenvalue weighted by Gasteiger charge is -1.93. The number of rotatable bonds is 1. The molecule has 1 rings (SSSR count). The Bertz CT molecular complexity index is 308. The molecule has 0 spiro atoms. The SMILES string of the molecule is C#CC(=Nc1ccccc1)SC. The van der Waals surface area contributed by atoms with E-state index in [1.807, 2.05) is 36.6 Å². The van der Waals surface area contributed by atoms with Crippen molar-refractivity contribution in [1.82, 2.24) is 0 Å². The minimum atomic E-state index is 0.709. The van der Waals surface area contributed by atoms with E-state index in [1.165, 1.54) is 11.8 Å². The largest absolute Gasteiger partial charge is 0.233 e. The van der Waals surface area contributed by atoms with Gasteiger partial charge in [0.2, 0.25) is 0 Å². The third-order valence-corrected chi connectivity index (χ3v) is 1.90. The molecule has 0 bridgehead atoms. The van der Waals surface area contributed by atoms with Crippen LogP contribution >= 0.6 is 11.8 Å². The van der Waals surface area contributed by atoms with Crippen LogP contribution in [0.2, 0.25) is 0 Å². The van der Waals surface area contributed by atoms with Gasteiger partial charge in [0.1, 0.15) is 5.04 Å². The average Bonchev–Trinajstić information content (AvgIpc) is 2.16. The Labute approximate surface area is 76.9 Å². The second-order valence-corrected chi connectivity index (χ2v) is 2.90. The summed E-state index contributed by atoms with van der Waals surface area (Å²) >= 11 is 1.48. The first kappa shape index (κ1) is 8.89. The van der Waals surface area contributed by atoms with E-state index >= 15 is 0 Å². The first-order valence-electron chi connectivity index (χ1n) is 3.51. The third-order valence-electron chi connectivity index (χ3n) is 1.30. The molecule has 0 aromatic heterocycles. The lowest BCUT2D eigenvalue weighted by molar-refractivity contribution is 1.54. The molecule has 0 aliphatic carbocycles. The highest BCUT2D eigenvalue weighted by Gasteiger charge is 1.90. The Hall–Kier alpha value is -1.20. The van der Waals surface area contributed by atoms with E-state index in [1.54, 1.807) is 0 Å². The molecule has 0 unspecified atom stereocenters. The minimum absolute atomic E-state index is 0.709. The summed E-state index contributed by atoms with van der Waals surface area (Å²) in [5, 5.41) is 0.709. The lowest BCUT2D eigenvalue weighted by Crippen LogP contribution is -1.82. The molecule has 0 saturated heterocycles. The van der Waals surface area contributed by atoms with E-state index in [4.69, 9.17) is 6.42 Å². The average molecular weight is 175 g/mol. The number of thioether (sulfide) groups is 1. The van der Waals surface area contributed by atoms with Crippen molar-refractivity contribution >= 4 is 22.5 Å². The fraction of sp³-hybridized carbons (Fsp3) is 0.100. The molecule has 60 valence electrons. The Morgan fingerprint density at radius 3 is 2.58 bits per heavy atom. The second kappa shape index (κ2) is 4.63. The van der Waals surface area contributed by atoms with Gasteiger partial charge in [-0.15, -0.1) is 18.2 Å². The number of hydrogen-bond acceptors (Lipinski definition) is 2. The van der Waals surface area contributed by atoms with Crippen molar-refractivity contribution in [3.8, 4) is 12.3 Å². The maximum atomic E-state index is 5.23. The van der Waals surface area contributed by atoms with Crippen LogP contribution in [0.4, 0.5) is 5.69 Å². The van der Waals surface area contributed by atoms with Crippen LogP contribution in [0.5, 0.6) is 0 Å². The summed E-state index contributed by atoms with van der Waals surface area (Å²) in [6.07, 6.45) is 7.15. The summed E-state index contributed by atoms with van der Waals surface area (Å²) in [6, 6.07) is 9.68. The fourth-order valence-electron chi connectivity index (χ4n) is 0.757. The normalized spacial score (nSPS) is 10.8. The van der Waals surface area contributed by atoms with Gasteiger partial charge >= 0.3 is 0 Å². The van der Waals surface area contributed by atoms with E-state index in [2.05, 4.69) is 10.9 Å².